The summed E-state index contributed by atoms with van der Waals surface area (Å²) in [6.45, 7) is 0.590. The second-order valence-corrected chi connectivity index (χ2v) is 7.69. The molecule has 0 fully saturated rings. The molecule has 0 saturated heterocycles. The third-order valence-corrected chi connectivity index (χ3v) is 5.01. The number of alkyl halides is 3. The second kappa shape index (κ2) is 10.4. The van der Waals surface area contributed by atoms with Crippen molar-refractivity contribution in [1.29, 1.82) is 0 Å². The normalized spacial score (nSPS) is 13.0. The van der Waals surface area contributed by atoms with E-state index in [4.69, 9.17) is 4.74 Å². The highest BCUT2D eigenvalue weighted by molar-refractivity contribution is 5.97. The zero-order valence-electron chi connectivity index (χ0n) is 18.0. The molecule has 3 N–H and O–H groups in total. The van der Waals surface area contributed by atoms with Crippen molar-refractivity contribution in [1.82, 2.24) is 5.32 Å². The Morgan fingerprint density at radius 3 is 2.67 bits per heavy atom. The van der Waals surface area contributed by atoms with Crippen LogP contribution in [0.5, 0.6) is 5.75 Å². The molecular weight excluding hydrogens is 439 g/mol. The van der Waals surface area contributed by atoms with Gasteiger partial charge in [-0.3, -0.25) is 14.4 Å². The van der Waals surface area contributed by atoms with Gasteiger partial charge in [-0.2, -0.15) is 13.2 Å². The molecule has 2 aromatic rings. The van der Waals surface area contributed by atoms with Crippen LogP contribution in [0.1, 0.15) is 40.7 Å². The number of carbonyl (C=O) groups excluding carboxylic acids is 3. The van der Waals surface area contributed by atoms with E-state index in [0.717, 1.165) is 11.3 Å². The maximum absolute atomic E-state index is 12.3. The van der Waals surface area contributed by atoms with E-state index < -0.39 is 18.6 Å². The van der Waals surface area contributed by atoms with Gasteiger partial charge in [0, 0.05) is 29.8 Å². The molecule has 176 valence electrons. The van der Waals surface area contributed by atoms with Gasteiger partial charge in [0.05, 0.1) is 6.61 Å². The lowest BCUT2D eigenvalue weighted by Crippen LogP contribution is -2.33. The van der Waals surface area contributed by atoms with Gasteiger partial charge in [0.25, 0.3) is 5.91 Å². The number of nitrogens with one attached hydrogen (secondary N) is 3. The fraction of sp³-hybridized carbons (Fsp3) is 0.348. The van der Waals surface area contributed by atoms with Crippen LogP contribution in [0.15, 0.2) is 36.4 Å². The smallest absolute Gasteiger partial charge is 0.405 e. The first-order chi connectivity index (χ1) is 15.6. The fourth-order valence-corrected chi connectivity index (χ4v) is 3.27. The Hall–Kier alpha value is -3.56. The number of rotatable bonds is 8. The van der Waals surface area contributed by atoms with Crippen molar-refractivity contribution in [3.05, 3.63) is 53.1 Å². The molecule has 0 unspecified atom stereocenters. The minimum absolute atomic E-state index is 0.00936. The van der Waals surface area contributed by atoms with Crippen molar-refractivity contribution in [2.24, 2.45) is 0 Å². The summed E-state index contributed by atoms with van der Waals surface area (Å²) in [6, 6.07) is 9.71. The molecule has 3 amide bonds. The summed E-state index contributed by atoms with van der Waals surface area (Å²) in [7, 11) is 0. The predicted octanol–water partition coefficient (Wildman–Crippen LogP) is 3.97. The highest BCUT2D eigenvalue weighted by Crippen LogP contribution is 2.27. The van der Waals surface area contributed by atoms with E-state index in [-0.39, 0.29) is 23.8 Å². The highest BCUT2D eigenvalue weighted by atomic mass is 19.4. The van der Waals surface area contributed by atoms with Crippen molar-refractivity contribution in [3.8, 4) is 5.75 Å². The van der Waals surface area contributed by atoms with Gasteiger partial charge in [-0.1, -0.05) is 6.07 Å². The maximum Gasteiger partial charge on any atom is 0.405 e. The van der Waals surface area contributed by atoms with E-state index in [1.807, 2.05) is 6.07 Å². The first-order valence-electron chi connectivity index (χ1n) is 10.4. The molecule has 1 heterocycles. The van der Waals surface area contributed by atoms with E-state index in [0.29, 0.717) is 42.9 Å². The van der Waals surface area contributed by atoms with E-state index in [1.54, 1.807) is 30.4 Å². The zero-order valence-corrected chi connectivity index (χ0v) is 18.0. The molecule has 0 bridgehead atoms. The van der Waals surface area contributed by atoms with Gasteiger partial charge in [0.15, 0.2) is 0 Å². The lowest BCUT2D eigenvalue weighted by Gasteiger charge is -2.17. The summed E-state index contributed by atoms with van der Waals surface area (Å²) in [6.07, 6.45) is -2.83. The van der Waals surface area contributed by atoms with Gasteiger partial charge in [0.2, 0.25) is 11.8 Å². The van der Waals surface area contributed by atoms with Gasteiger partial charge < -0.3 is 20.7 Å². The van der Waals surface area contributed by atoms with Gasteiger partial charge in [-0.25, -0.2) is 0 Å². The monoisotopic (exact) mass is 463 g/mol. The van der Waals surface area contributed by atoms with Crippen LogP contribution in [0.4, 0.5) is 24.5 Å². The summed E-state index contributed by atoms with van der Waals surface area (Å²) in [5, 5.41) is 7.29. The Bertz CT molecular complexity index is 1050. The number of anilines is 2. The quantitative estimate of drug-likeness (QED) is 0.516. The van der Waals surface area contributed by atoms with Crippen LogP contribution in [-0.2, 0) is 16.0 Å². The molecule has 0 aliphatic carbocycles. The van der Waals surface area contributed by atoms with Crippen molar-refractivity contribution in [2.45, 2.75) is 38.8 Å². The average Bonchev–Trinajstić information content (AvgIpc) is 2.76. The number of hydrogen-bond acceptors (Lipinski definition) is 4. The summed E-state index contributed by atoms with van der Waals surface area (Å²) in [5.41, 5.74) is 2.83. The van der Waals surface area contributed by atoms with Gasteiger partial charge in [-0.15, -0.1) is 0 Å². The molecular formula is C23H24F3N3O4. The van der Waals surface area contributed by atoms with Crippen LogP contribution < -0.4 is 20.7 Å². The van der Waals surface area contributed by atoms with Crippen molar-refractivity contribution >= 4 is 29.1 Å². The number of fused-ring (bicyclic) bond motifs is 1. The van der Waals surface area contributed by atoms with E-state index in [1.165, 1.54) is 12.1 Å². The molecule has 2 aromatic carbocycles. The Balaban J connectivity index is 1.47. The minimum Gasteiger partial charge on any atom is -0.494 e. The fourth-order valence-electron chi connectivity index (χ4n) is 3.27. The highest BCUT2D eigenvalue weighted by Gasteiger charge is 2.28. The second-order valence-electron chi connectivity index (χ2n) is 7.69. The third-order valence-electron chi connectivity index (χ3n) is 5.01. The van der Waals surface area contributed by atoms with Gasteiger partial charge in [0.1, 0.15) is 12.3 Å². The van der Waals surface area contributed by atoms with Crippen LogP contribution in [0, 0.1) is 6.92 Å². The van der Waals surface area contributed by atoms with E-state index >= 15 is 0 Å². The predicted molar refractivity (Wildman–Crippen MR) is 116 cm³/mol. The lowest BCUT2D eigenvalue weighted by atomic mass is 10.0. The zero-order chi connectivity index (χ0) is 24.0. The number of amides is 3. The van der Waals surface area contributed by atoms with Gasteiger partial charge >= 0.3 is 6.18 Å². The topological polar surface area (TPSA) is 96.5 Å². The Morgan fingerprint density at radius 1 is 1.12 bits per heavy atom. The molecule has 0 saturated carbocycles. The number of benzene rings is 2. The number of hydrogen-bond donors (Lipinski definition) is 3. The van der Waals surface area contributed by atoms with Crippen LogP contribution in [-0.4, -0.2) is 37.0 Å². The van der Waals surface area contributed by atoms with E-state index in [9.17, 15) is 27.6 Å². The molecule has 0 aromatic heterocycles. The molecule has 33 heavy (non-hydrogen) atoms. The molecule has 3 rings (SSSR count). The van der Waals surface area contributed by atoms with Crippen molar-refractivity contribution < 1.29 is 32.3 Å². The Labute approximate surface area is 188 Å². The van der Waals surface area contributed by atoms with Crippen molar-refractivity contribution in [3.63, 3.8) is 0 Å². The lowest BCUT2D eigenvalue weighted by molar-refractivity contribution is -0.123. The summed E-state index contributed by atoms with van der Waals surface area (Å²) >= 11 is 0. The third kappa shape index (κ3) is 7.23. The van der Waals surface area contributed by atoms with Crippen molar-refractivity contribution in [2.75, 3.05) is 23.8 Å². The summed E-state index contributed by atoms with van der Waals surface area (Å²) in [4.78, 5) is 35.6. The SMILES string of the molecule is Cc1ccc(C(=O)NCC(F)(F)F)cc1NC(=O)CCCOc1ccc2c(c1)CCC(=O)N2. The average molecular weight is 463 g/mol. The molecule has 7 nitrogen and oxygen atoms in total. The summed E-state index contributed by atoms with van der Waals surface area (Å²) < 4.78 is 42.6. The molecule has 1 aliphatic rings. The van der Waals surface area contributed by atoms with Crippen LogP contribution in [0.3, 0.4) is 0 Å². The Kier molecular flexibility index (Phi) is 7.57. The maximum atomic E-state index is 12.3. The number of ether oxygens (including phenoxy) is 1. The first kappa shape index (κ1) is 24.1. The summed E-state index contributed by atoms with van der Waals surface area (Å²) in [5.74, 6) is -0.535. The Morgan fingerprint density at radius 2 is 1.91 bits per heavy atom. The minimum atomic E-state index is -4.51. The largest absolute Gasteiger partial charge is 0.494 e. The standard InChI is InChI=1S/C23H24F3N3O4/c1-14-4-5-16(22(32)27-13-23(24,25)26)12-19(14)29-20(30)3-2-10-33-17-7-8-18-15(11-17)6-9-21(31)28-18/h4-5,7-8,11-12H,2-3,6,9-10,13H2,1H3,(H,27,32)(H,28,31)(H,29,30). The number of aryl methyl sites for hydroxylation is 2. The molecule has 0 spiro atoms. The molecule has 0 atom stereocenters. The first-order valence-corrected chi connectivity index (χ1v) is 10.4. The van der Waals surface area contributed by atoms with E-state index in [2.05, 4.69) is 10.6 Å². The van der Waals surface area contributed by atoms with Crippen LogP contribution >= 0.6 is 0 Å². The van der Waals surface area contributed by atoms with Gasteiger partial charge in [-0.05, 0) is 61.2 Å². The molecule has 1 aliphatic heterocycles. The molecule has 10 heteroatoms. The van der Waals surface area contributed by atoms with Crippen LogP contribution in [0.2, 0.25) is 0 Å². The number of carbonyl (C=O) groups is 3. The number of halogens is 3. The molecule has 0 radical (unpaired) electrons. The van der Waals surface area contributed by atoms with Crippen LogP contribution in [0.25, 0.3) is 0 Å².